The molecule has 0 aromatic heterocycles. The number of benzene rings is 1. The molecule has 0 aliphatic carbocycles. The number of para-hydroxylation sites is 1. The Kier molecular flexibility index (Phi) is 5.16. The zero-order chi connectivity index (χ0) is 12.8. The Bertz CT molecular complexity index is 376. The van der Waals surface area contributed by atoms with E-state index in [1.54, 1.807) is 4.90 Å². The first kappa shape index (κ1) is 13.7. The Balaban J connectivity index is 2.73. The largest absolute Gasteiger partial charge is 0.316 e. The lowest BCUT2D eigenvalue weighted by Crippen LogP contribution is -2.37. The minimum Gasteiger partial charge on any atom is -0.316 e. The van der Waals surface area contributed by atoms with E-state index in [1.807, 2.05) is 52.1 Å². The Hall–Kier alpha value is -1.35. The zero-order valence-corrected chi connectivity index (χ0v) is 11.2. The van der Waals surface area contributed by atoms with Crippen LogP contribution >= 0.6 is 0 Å². The first-order valence-corrected chi connectivity index (χ1v) is 6.11. The van der Waals surface area contributed by atoms with Gasteiger partial charge in [-0.15, -0.1) is 0 Å². The topological polar surface area (TPSA) is 32.3 Å². The maximum absolute atomic E-state index is 12.2. The molecule has 3 nitrogen and oxygen atoms in total. The van der Waals surface area contributed by atoms with Crippen molar-refractivity contribution in [3.8, 4) is 0 Å². The summed E-state index contributed by atoms with van der Waals surface area (Å²) in [4.78, 5) is 13.9. The van der Waals surface area contributed by atoms with Crippen LogP contribution < -0.4 is 10.2 Å². The molecule has 0 spiro atoms. The predicted molar refractivity (Wildman–Crippen MR) is 72.3 cm³/mol. The SMILES string of the molecule is CCNCC(C)C(=O)N(C)c1ccccc1C. The average molecular weight is 234 g/mol. The molecule has 3 heteroatoms. The number of carbonyl (C=O) groups excluding carboxylic acids is 1. The highest BCUT2D eigenvalue weighted by atomic mass is 16.2. The monoisotopic (exact) mass is 234 g/mol. The lowest BCUT2D eigenvalue weighted by Gasteiger charge is -2.23. The van der Waals surface area contributed by atoms with Gasteiger partial charge >= 0.3 is 0 Å². The predicted octanol–water partition coefficient (Wildman–Crippen LogP) is 2.20. The summed E-state index contributed by atoms with van der Waals surface area (Å²) in [5.74, 6) is 0.153. The standard InChI is InChI=1S/C14H22N2O/c1-5-15-10-12(3)14(17)16(4)13-9-7-6-8-11(13)2/h6-9,12,15H,5,10H2,1-4H3. The number of anilines is 1. The van der Waals surface area contributed by atoms with Gasteiger partial charge in [0.2, 0.25) is 5.91 Å². The van der Waals surface area contributed by atoms with Crippen LogP contribution in [0.2, 0.25) is 0 Å². The molecule has 0 fully saturated rings. The maximum atomic E-state index is 12.2. The van der Waals surface area contributed by atoms with Gasteiger partial charge in [0.05, 0.1) is 0 Å². The van der Waals surface area contributed by atoms with Crippen LogP contribution in [-0.2, 0) is 4.79 Å². The van der Waals surface area contributed by atoms with Gasteiger partial charge in [-0.3, -0.25) is 4.79 Å². The van der Waals surface area contributed by atoms with Crippen molar-refractivity contribution in [3.63, 3.8) is 0 Å². The second kappa shape index (κ2) is 6.40. The van der Waals surface area contributed by atoms with E-state index in [9.17, 15) is 4.79 Å². The van der Waals surface area contributed by atoms with Gasteiger partial charge in [0.15, 0.2) is 0 Å². The molecule has 94 valence electrons. The van der Waals surface area contributed by atoms with Crippen LogP contribution in [0.25, 0.3) is 0 Å². The zero-order valence-electron chi connectivity index (χ0n) is 11.2. The van der Waals surface area contributed by atoms with Gasteiger partial charge in [0, 0.05) is 25.2 Å². The molecular formula is C14H22N2O. The second-order valence-electron chi connectivity index (χ2n) is 4.39. The maximum Gasteiger partial charge on any atom is 0.230 e. The molecular weight excluding hydrogens is 212 g/mol. The smallest absolute Gasteiger partial charge is 0.230 e. The van der Waals surface area contributed by atoms with Gasteiger partial charge in [-0.25, -0.2) is 0 Å². The van der Waals surface area contributed by atoms with E-state index >= 15 is 0 Å². The molecule has 1 amide bonds. The quantitative estimate of drug-likeness (QED) is 0.847. The summed E-state index contributed by atoms with van der Waals surface area (Å²) < 4.78 is 0. The number of amides is 1. The van der Waals surface area contributed by atoms with Gasteiger partial charge in [-0.05, 0) is 25.1 Å². The van der Waals surface area contributed by atoms with Crippen LogP contribution in [0.1, 0.15) is 19.4 Å². The van der Waals surface area contributed by atoms with Gasteiger partial charge in [0.1, 0.15) is 0 Å². The highest BCUT2D eigenvalue weighted by Crippen LogP contribution is 2.19. The Morgan fingerprint density at radius 2 is 2.06 bits per heavy atom. The summed E-state index contributed by atoms with van der Waals surface area (Å²) in [5, 5.41) is 3.20. The molecule has 0 saturated carbocycles. The minimum absolute atomic E-state index is 0.000411. The Labute approximate surface area is 104 Å². The fourth-order valence-electron chi connectivity index (χ4n) is 1.84. The molecule has 17 heavy (non-hydrogen) atoms. The van der Waals surface area contributed by atoms with Gasteiger partial charge in [-0.2, -0.15) is 0 Å². The molecule has 1 N–H and O–H groups in total. The van der Waals surface area contributed by atoms with E-state index in [4.69, 9.17) is 0 Å². The summed E-state index contributed by atoms with van der Waals surface area (Å²) in [7, 11) is 1.84. The average Bonchev–Trinajstić information content (AvgIpc) is 2.34. The first-order chi connectivity index (χ1) is 8.07. The molecule has 0 aliphatic rings. The van der Waals surface area contributed by atoms with Gasteiger partial charge in [-0.1, -0.05) is 32.0 Å². The summed E-state index contributed by atoms with van der Waals surface area (Å²) in [5.41, 5.74) is 2.11. The third-order valence-electron chi connectivity index (χ3n) is 2.93. The number of nitrogens with one attached hydrogen (secondary N) is 1. The number of rotatable bonds is 5. The van der Waals surface area contributed by atoms with E-state index in [1.165, 1.54) is 0 Å². The van der Waals surface area contributed by atoms with Crippen molar-refractivity contribution < 1.29 is 4.79 Å². The van der Waals surface area contributed by atoms with Crippen LogP contribution in [0.3, 0.4) is 0 Å². The van der Waals surface area contributed by atoms with E-state index in [2.05, 4.69) is 5.32 Å². The third-order valence-corrected chi connectivity index (χ3v) is 2.93. The number of nitrogens with zero attached hydrogens (tertiary/aromatic N) is 1. The normalized spacial score (nSPS) is 12.2. The number of hydrogen-bond acceptors (Lipinski definition) is 2. The molecule has 1 aromatic rings. The van der Waals surface area contributed by atoms with Gasteiger partial charge in [0.25, 0.3) is 0 Å². The van der Waals surface area contributed by atoms with Gasteiger partial charge < -0.3 is 10.2 Å². The van der Waals surface area contributed by atoms with Crippen molar-refractivity contribution in [2.75, 3.05) is 25.0 Å². The van der Waals surface area contributed by atoms with Crippen molar-refractivity contribution in [2.24, 2.45) is 5.92 Å². The van der Waals surface area contributed by atoms with Crippen LogP contribution in [0.4, 0.5) is 5.69 Å². The van der Waals surface area contributed by atoms with Crippen molar-refractivity contribution >= 4 is 11.6 Å². The number of hydrogen-bond donors (Lipinski definition) is 1. The minimum atomic E-state index is -0.000411. The lowest BCUT2D eigenvalue weighted by molar-refractivity contribution is -0.121. The molecule has 1 unspecified atom stereocenters. The van der Waals surface area contributed by atoms with Crippen LogP contribution in [-0.4, -0.2) is 26.0 Å². The molecule has 1 aromatic carbocycles. The van der Waals surface area contributed by atoms with Crippen LogP contribution in [0, 0.1) is 12.8 Å². The van der Waals surface area contributed by atoms with Crippen molar-refractivity contribution in [1.82, 2.24) is 5.32 Å². The third kappa shape index (κ3) is 3.56. The Morgan fingerprint density at radius 1 is 1.41 bits per heavy atom. The fourth-order valence-corrected chi connectivity index (χ4v) is 1.84. The van der Waals surface area contributed by atoms with Crippen LogP contribution in [0.15, 0.2) is 24.3 Å². The van der Waals surface area contributed by atoms with Crippen LogP contribution in [0.5, 0.6) is 0 Å². The highest BCUT2D eigenvalue weighted by Gasteiger charge is 2.18. The number of aryl methyl sites for hydroxylation is 1. The fraction of sp³-hybridized carbons (Fsp3) is 0.500. The first-order valence-electron chi connectivity index (χ1n) is 6.11. The van der Waals surface area contributed by atoms with E-state index in [-0.39, 0.29) is 11.8 Å². The van der Waals surface area contributed by atoms with Crippen molar-refractivity contribution in [3.05, 3.63) is 29.8 Å². The van der Waals surface area contributed by atoms with E-state index < -0.39 is 0 Å². The second-order valence-corrected chi connectivity index (χ2v) is 4.39. The Morgan fingerprint density at radius 3 is 2.65 bits per heavy atom. The molecule has 0 radical (unpaired) electrons. The highest BCUT2D eigenvalue weighted by molar-refractivity contribution is 5.95. The molecule has 0 heterocycles. The molecule has 0 aliphatic heterocycles. The summed E-state index contributed by atoms with van der Waals surface area (Å²) in [6.45, 7) is 7.65. The van der Waals surface area contributed by atoms with Crippen molar-refractivity contribution in [1.29, 1.82) is 0 Å². The number of carbonyl (C=O) groups is 1. The summed E-state index contributed by atoms with van der Waals surface area (Å²) in [6, 6.07) is 7.95. The van der Waals surface area contributed by atoms with E-state index in [0.29, 0.717) is 0 Å². The molecule has 0 bridgehead atoms. The summed E-state index contributed by atoms with van der Waals surface area (Å²) >= 11 is 0. The van der Waals surface area contributed by atoms with Crippen molar-refractivity contribution in [2.45, 2.75) is 20.8 Å². The molecule has 0 saturated heterocycles. The molecule has 1 atom stereocenters. The molecule has 1 rings (SSSR count). The summed E-state index contributed by atoms with van der Waals surface area (Å²) in [6.07, 6.45) is 0. The lowest BCUT2D eigenvalue weighted by atomic mass is 10.1. The van der Waals surface area contributed by atoms with E-state index in [0.717, 1.165) is 24.3 Å².